The first-order valence-electron chi connectivity index (χ1n) is 18.2. The lowest BCUT2D eigenvalue weighted by Crippen LogP contribution is -2.74. The van der Waals surface area contributed by atoms with Crippen LogP contribution >= 0.6 is 15.9 Å². The third-order valence-electron chi connectivity index (χ3n) is 9.98. The van der Waals surface area contributed by atoms with Crippen molar-refractivity contribution in [3.05, 3.63) is 35.9 Å². The molecular weight excluding hydrogens is 1200 g/mol. The van der Waals surface area contributed by atoms with Crippen LogP contribution in [0.2, 0.25) is 0 Å². The molecule has 1 aromatic rings. The number of esters is 2. The van der Waals surface area contributed by atoms with Crippen molar-refractivity contribution in [3.8, 4) is 0 Å². The minimum absolute atomic E-state index is 0.125. The van der Waals surface area contributed by atoms with Crippen LogP contribution in [0.4, 0.5) is 149 Å². The second kappa shape index (κ2) is 20.3. The Morgan fingerprint density at radius 3 is 0.945 bits per heavy atom. The van der Waals surface area contributed by atoms with Gasteiger partial charge in [-0.3, -0.25) is 9.59 Å². The number of benzene rings is 1. The Morgan fingerprint density at radius 2 is 0.658 bits per heavy atom. The molecule has 0 aliphatic rings. The largest absolute Gasteiger partial charge is 0.465 e. The van der Waals surface area contributed by atoms with Gasteiger partial charge >= 0.3 is 107 Å². The molecule has 0 spiro atoms. The summed E-state index contributed by atoms with van der Waals surface area (Å²) in [6, 6.07) is 6.28. The number of carbonyl (C=O) groups excluding carboxylic acids is 2. The fourth-order valence-electron chi connectivity index (χ4n) is 5.45. The fraction of sp³-hybridized carbons (Fsp3) is 0.765. The Kier molecular flexibility index (Phi) is 18.7. The van der Waals surface area contributed by atoms with Gasteiger partial charge in [0.15, 0.2) is 0 Å². The van der Waals surface area contributed by atoms with Gasteiger partial charge in [-0.2, -0.15) is 149 Å². The van der Waals surface area contributed by atoms with Crippen molar-refractivity contribution in [1.29, 1.82) is 0 Å². The van der Waals surface area contributed by atoms with Crippen LogP contribution in [0.3, 0.4) is 0 Å². The Morgan fingerprint density at radius 1 is 0.397 bits per heavy atom. The molecule has 73 heavy (non-hydrogen) atoms. The lowest BCUT2D eigenvalue weighted by atomic mass is 9.87. The average Bonchev–Trinajstić information content (AvgIpc) is 3.21. The van der Waals surface area contributed by atoms with Crippen LogP contribution < -0.4 is 0 Å². The maximum atomic E-state index is 14.4. The molecule has 0 saturated heterocycles. The third kappa shape index (κ3) is 11.1. The number of hydrogen-bond acceptors (Lipinski definition) is 4. The van der Waals surface area contributed by atoms with Crippen LogP contribution in [-0.2, 0) is 19.1 Å². The summed E-state index contributed by atoms with van der Waals surface area (Å²) in [6.07, 6.45) is -25.0. The highest BCUT2D eigenvalue weighted by Crippen LogP contribution is 2.66. The predicted octanol–water partition coefficient (Wildman–Crippen LogP) is 14.8. The molecule has 0 N–H and O–H groups in total. The van der Waals surface area contributed by atoms with Gasteiger partial charge in [0.1, 0.15) is 4.83 Å². The van der Waals surface area contributed by atoms with Crippen molar-refractivity contribution >= 4 is 27.9 Å². The molecule has 3 unspecified atom stereocenters. The minimum Gasteiger partial charge on any atom is -0.465 e. The van der Waals surface area contributed by atoms with E-state index in [-0.39, 0.29) is 5.56 Å². The van der Waals surface area contributed by atoms with Gasteiger partial charge in [-0.1, -0.05) is 53.2 Å². The monoisotopic (exact) mass is 1220 g/mol. The first-order valence-corrected chi connectivity index (χ1v) is 19.1. The second-order valence-electron chi connectivity index (χ2n) is 15.1. The number of carbonyl (C=O) groups is 2. The zero-order chi connectivity index (χ0) is 58.7. The molecule has 0 aliphatic carbocycles. The Labute approximate surface area is 390 Å². The molecule has 428 valence electrons. The average molecular weight is 1220 g/mol. The standard InChI is InChI=1S/C34H23BrF34O4/c1-13(14-5-3-2-4-6-14)11-15(17(70)72-9-7-19(36,37)21(40,41)23(44,45)25(48,49)27(52,53)29(56,57)31(60,61)33(64,65)66)12-16(35)18(71)73-10-8-20(38,39)22(42,43)24(46,47)26(50,51)28(54,55)30(58,59)32(62,63)34(67,68)69/h2-6,13,15-16H,7-12H2,1H3. The Balaban J connectivity index is 3.42. The van der Waals surface area contributed by atoms with Gasteiger partial charge in [0.05, 0.1) is 32.0 Å². The molecule has 1 rings (SSSR count). The van der Waals surface area contributed by atoms with E-state index in [4.69, 9.17) is 0 Å². The van der Waals surface area contributed by atoms with Crippen LogP contribution in [0.5, 0.6) is 0 Å². The van der Waals surface area contributed by atoms with E-state index in [0.717, 1.165) is 6.92 Å². The summed E-state index contributed by atoms with van der Waals surface area (Å²) >= 11 is 2.30. The van der Waals surface area contributed by atoms with Crippen LogP contribution in [0.15, 0.2) is 30.3 Å². The lowest BCUT2D eigenvalue weighted by Gasteiger charge is -2.42. The summed E-state index contributed by atoms with van der Waals surface area (Å²) in [6.45, 7) is -3.98. The summed E-state index contributed by atoms with van der Waals surface area (Å²) in [5, 5.41) is 0. The number of hydrogen-bond donors (Lipinski definition) is 0. The van der Waals surface area contributed by atoms with Gasteiger partial charge in [0.25, 0.3) is 0 Å². The van der Waals surface area contributed by atoms with Gasteiger partial charge in [-0.15, -0.1) is 0 Å². The van der Waals surface area contributed by atoms with E-state index in [9.17, 15) is 159 Å². The third-order valence-corrected chi connectivity index (χ3v) is 10.7. The molecule has 0 saturated carbocycles. The van der Waals surface area contributed by atoms with Crippen molar-refractivity contribution in [2.45, 2.75) is 139 Å². The summed E-state index contributed by atoms with van der Waals surface area (Å²) in [4.78, 5) is 22.9. The van der Waals surface area contributed by atoms with Crippen LogP contribution in [-0.4, -0.2) is 125 Å². The topological polar surface area (TPSA) is 52.6 Å². The number of halogens is 35. The summed E-state index contributed by atoms with van der Waals surface area (Å²) < 4.78 is 469. The highest BCUT2D eigenvalue weighted by molar-refractivity contribution is 9.10. The Bertz CT molecular complexity index is 2050. The molecule has 0 radical (unpaired) electrons. The van der Waals surface area contributed by atoms with Crippen molar-refractivity contribution in [2.24, 2.45) is 5.92 Å². The van der Waals surface area contributed by atoms with Crippen LogP contribution in [0.25, 0.3) is 0 Å². The minimum atomic E-state index is -8.98. The molecule has 4 nitrogen and oxygen atoms in total. The normalized spacial score (nSPS) is 16.8. The number of ether oxygens (including phenoxy) is 2. The summed E-state index contributed by atoms with van der Waals surface area (Å²) in [5.41, 5.74) is 0.125. The van der Waals surface area contributed by atoms with Gasteiger partial charge in [-0.05, 0) is 24.3 Å². The quantitative estimate of drug-likeness (QED) is 0.0556. The van der Waals surface area contributed by atoms with Gasteiger partial charge < -0.3 is 9.47 Å². The van der Waals surface area contributed by atoms with Gasteiger partial charge in [-0.25, -0.2) is 0 Å². The van der Waals surface area contributed by atoms with Crippen molar-refractivity contribution in [3.63, 3.8) is 0 Å². The van der Waals surface area contributed by atoms with E-state index in [1.807, 2.05) is 0 Å². The maximum Gasteiger partial charge on any atom is 0.460 e. The number of alkyl halides is 35. The van der Waals surface area contributed by atoms with Crippen molar-refractivity contribution < 1.29 is 168 Å². The molecule has 39 heteroatoms. The highest BCUT2D eigenvalue weighted by Gasteiger charge is 2.97. The number of rotatable bonds is 25. The van der Waals surface area contributed by atoms with E-state index < -0.39 is 163 Å². The molecule has 0 aromatic heterocycles. The fourth-order valence-corrected chi connectivity index (χ4v) is 6.04. The molecule has 0 amide bonds. The first kappa shape index (κ1) is 67.3. The van der Waals surface area contributed by atoms with Crippen molar-refractivity contribution in [2.75, 3.05) is 13.2 Å². The maximum absolute atomic E-state index is 14.4. The lowest BCUT2D eigenvalue weighted by molar-refractivity contribution is -0.461. The zero-order valence-corrected chi connectivity index (χ0v) is 35.8. The molecule has 0 heterocycles. The van der Waals surface area contributed by atoms with E-state index in [2.05, 4.69) is 25.4 Å². The molecule has 3 atom stereocenters. The molecular formula is C34H23BrF34O4. The van der Waals surface area contributed by atoms with E-state index >= 15 is 0 Å². The first-order chi connectivity index (χ1) is 31.8. The zero-order valence-electron chi connectivity index (χ0n) is 34.2. The van der Waals surface area contributed by atoms with Crippen LogP contribution in [0, 0.1) is 5.92 Å². The van der Waals surface area contributed by atoms with E-state index in [1.165, 1.54) is 30.3 Å². The van der Waals surface area contributed by atoms with Crippen LogP contribution in [0.1, 0.15) is 44.1 Å². The van der Waals surface area contributed by atoms with Crippen molar-refractivity contribution in [1.82, 2.24) is 0 Å². The van der Waals surface area contributed by atoms with Gasteiger partial charge in [0, 0.05) is 0 Å². The highest BCUT2D eigenvalue weighted by atomic mass is 79.9. The molecule has 0 bridgehead atoms. The van der Waals surface area contributed by atoms with E-state index in [0.29, 0.717) is 0 Å². The predicted molar refractivity (Wildman–Crippen MR) is 173 cm³/mol. The Hall–Kier alpha value is -3.74. The molecule has 0 fully saturated rings. The van der Waals surface area contributed by atoms with E-state index in [1.54, 1.807) is 0 Å². The molecule has 0 aliphatic heterocycles. The summed E-state index contributed by atoms with van der Waals surface area (Å²) in [5.74, 6) is -126. The second-order valence-corrected chi connectivity index (χ2v) is 16.2. The smallest absolute Gasteiger partial charge is 0.460 e. The SMILES string of the molecule is CC(CC(CC(Br)C(=O)OCCC(F)(F)C(F)(F)C(F)(F)C(F)(F)C(F)(F)C(F)(F)C(F)(F)C(F)(F)F)C(=O)OCCC(F)(F)C(F)(F)C(F)(F)C(F)(F)C(F)(F)C(F)(F)C(F)(F)C(F)(F)F)c1ccccc1. The molecule has 1 aromatic carbocycles. The summed E-state index contributed by atoms with van der Waals surface area (Å²) in [7, 11) is 0. The van der Waals surface area contributed by atoms with Gasteiger partial charge in [0.2, 0.25) is 0 Å².